The van der Waals surface area contributed by atoms with Crippen molar-refractivity contribution in [2.45, 2.75) is 32.5 Å². The fourth-order valence-electron chi connectivity index (χ4n) is 1.42. The average Bonchev–Trinajstić information content (AvgIpc) is 2.03. The van der Waals surface area contributed by atoms with Gasteiger partial charge in [-0.3, -0.25) is 4.90 Å². The van der Waals surface area contributed by atoms with Gasteiger partial charge in [0.1, 0.15) is 0 Å². The van der Waals surface area contributed by atoms with E-state index in [4.69, 9.17) is 4.74 Å². The fourth-order valence-corrected chi connectivity index (χ4v) is 1.42. The van der Waals surface area contributed by atoms with Crippen molar-refractivity contribution in [3.05, 3.63) is 0 Å². The molecule has 1 aliphatic heterocycles. The smallest absolute Gasteiger partial charge is 0.0983 e. The van der Waals surface area contributed by atoms with Gasteiger partial charge in [0.15, 0.2) is 0 Å². The highest BCUT2D eigenvalue weighted by atomic mass is 16.5. The van der Waals surface area contributed by atoms with Crippen LogP contribution in [-0.2, 0) is 4.74 Å². The van der Waals surface area contributed by atoms with Crippen molar-refractivity contribution >= 4 is 0 Å². The number of likely N-dealkylation sites (N-methyl/N-ethyl adjacent to an activating group) is 1. The molecule has 3 nitrogen and oxygen atoms in total. The number of hydrogen-bond acceptors (Lipinski definition) is 3. The summed E-state index contributed by atoms with van der Waals surface area (Å²) >= 11 is 0. The minimum absolute atomic E-state index is 0.0359. The van der Waals surface area contributed by atoms with Gasteiger partial charge in [-0.1, -0.05) is 6.92 Å². The fraction of sp³-hybridized carbons (Fsp3) is 1.00. The van der Waals surface area contributed by atoms with Gasteiger partial charge in [-0.05, 0) is 20.4 Å². The molecule has 0 unspecified atom stereocenters. The van der Waals surface area contributed by atoms with Crippen LogP contribution >= 0.6 is 0 Å². The van der Waals surface area contributed by atoms with Crippen LogP contribution in [0.4, 0.5) is 0 Å². The Morgan fingerprint density at radius 1 is 1.58 bits per heavy atom. The lowest BCUT2D eigenvalue weighted by atomic mass is 10.0. The van der Waals surface area contributed by atoms with Gasteiger partial charge in [0.05, 0.1) is 18.3 Å². The maximum absolute atomic E-state index is 9.70. The van der Waals surface area contributed by atoms with Gasteiger partial charge in [-0.15, -0.1) is 0 Å². The van der Waals surface area contributed by atoms with E-state index in [1.54, 1.807) is 13.8 Å². The molecule has 1 saturated heterocycles. The lowest BCUT2D eigenvalue weighted by molar-refractivity contribution is -0.126. The van der Waals surface area contributed by atoms with Crippen molar-refractivity contribution in [3.63, 3.8) is 0 Å². The Hall–Kier alpha value is -0.120. The van der Waals surface area contributed by atoms with E-state index < -0.39 is 5.60 Å². The molecule has 1 heterocycles. The van der Waals surface area contributed by atoms with E-state index in [1.165, 1.54) is 0 Å². The third kappa shape index (κ3) is 2.44. The predicted molar refractivity (Wildman–Crippen MR) is 48.2 cm³/mol. The normalized spacial score (nSPS) is 27.5. The Labute approximate surface area is 74.3 Å². The van der Waals surface area contributed by atoms with Crippen molar-refractivity contribution < 1.29 is 9.84 Å². The second-order valence-electron chi connectivity index (χ2n) is 3.91. The molecule has 1 aliphatic rings. The summed E-state index contributed by atoms with van der Waals surface area (Å²) < 4.78 is 5.48. The van der Waals surface area contributed by atoms with Crippen molar-refractivity contribution in [2.24, 2.45) is 0 Å². The molecule has 3 heteroatoms. The molecule has 0 aromatic rings. The number of ether oxygens (including phenoxy) is 1. The summed E-state index contributed by atoms with van der Waals surface area (Å²) in [7, 11) is 0. The summed E-state index contributed by atoms with van der Waals surface area (Å²) in [6.45, 7) is 9.35. The Balaban J connectivity index is 2.46. The molecule has 0 saturated carbocycles. The van der Waals surface area contributed by atoms with E-state index in [9.17, 15) is 5.11 Å². The van der Waals surface area contributed by atoms with E-state index in [0.29, 0.717) is 0 Å². The minimum Gasteiger partial charge on any atom is -0.388 e. The Kier molecular flexibility index (Phi) is 3.09. The summed E-state index contributed by atoms with van der Waals surface area (Å²) in [5.41, 5.74) is -0.714. The van der Waals surface area contributed by atoms with Crippen molar-refractivity contribution in [3.8, 4) is 0 Å². The third-order valence-corrected chi connectivity index (χ3v) is 2.39. The second-order valence-corrected chi connectivity index (χ2v) is 3.91. The van der Waals surface area contributed by atoms with E-state index in [1.807, 2.05) is 0 Å². The maximum atomic E-state index is 9.70. The third-order valence-electron chi connectivity index (χ3n) is 2.39. The average molecular weight is 173 g/mol. The minimum atomic E-state index is -0.714. The number of hydrogen-bond donors (Lipinski definition) is 1. The molecular weight excluding hydrogens is 154 g/mol. The zero-order valence-corrected chi connectivity index (χ0v) is 8.21. The molecule has 1 atom stereocenters. The second kappa shape index (κ2) is 3.73. The first-order chi connectivity index (χ1) is 5.54. The van der Waals surface area contributed by atoms with Crippen LogP contribution in [0.2, 0.25) is 0 Å². The molecule has 72 valence electrons. The highest BCUT2D eigenvalue weighted by Gasteiger charge is 2.31. The Bertz CT molecular complexity index is 142. The summed E-state index contributed by atoms with van der Waals surface area (Å²) in [4.78, 5) is 2.30. The molecule has 0 aromatic heterocycles. The van der Waals surface area contributed by atoms with Gasteiger partial charge >= 0.3 is 0 Å². The lowest BCUT2D eigenvalue weighted by Gasteiger charge is -2.38. The van der Waals surface area contributed by atoms with Gasteiger partial charge in [0, 0.05) is 13.1 Å². The van der Waals surface area contributed by atoms with Crippen LogP contribution in [0.1, 0.15) is 20.8 Å². The van der Waals surface area contributed by atoms with Gasteiger partial charge in [-0.2, -0.15) is 0 Å². The summed E-state index contributed by atoms with van der Waals surface area (Å²) in [5.74, 6) is 0. The zero-order chi connectivity index (χ0) is 9.19. The Morgan fingerprint density at radius 3 is 2.75 bits per heavy atom. The summed E-state index contributed by atoms with van der Waals surface area (Å²) in [6, 6.07) is 0. The van der Waals surface area contributed by atoms with Crippen LogP contribution in [0, 0.1) is 0 Å². The molecular formula is C9H19NO2. The first-order valence-corrected chi connectivity index (χ1v) is 4.60. The molecule has 12 heavy (non-hydrogen) atoms. The molecule has 0 amide bonds. The molecule has 0 radical (unpaired) electrons. The number of aliphatic hydroxyl groups is 1. The van der Waals surface area contributed by atoms with Crippen LogP contribution < -0.4 is 0 Å². The molecule has 1 rings (SSSR count). The number of morpholine rings is 1. The van der Waals surface area contributed by atoms with Crippen molar-refractivity contribution in [1.29, 1.82) is 0 Å². The quantitative estimate of drug-likeness (QED) is 0.659. The van der Waals surface area contributed by atoms with Gasteiger partial charge < -0.3 is 9.84 Å². The van der Waals surface area contributed by atoms with Crippen molar-refractivity contribution in [1.82, 2.24) is 4.90 Å². The zero-order valence-electron chi connectivity index (χ0n) is 8.21. The van der Waals surface area contributed by atoms with Gasteiger partial charge in [-0.25, -0.2) is 0 Å². The van der Waals surface area contributed by atoms with E-state index in [0.717, 1.165) is 26.2 Å². The van der Waals surface area contributed by atoms with Gasteiger partial charge in [0.2, 0.25) is 0 Å². The van der Waals surface area contributed by atoms with E-state index >= 15 is 0 Å². The molecule has 0 aliphatic carbocycles. The van der Waals surface area contributed by atoms with Gasteiger partial charge in [0.25, 0.3) is 0 Å². The SMILES string of the molecule is CCN1CCO[C@H](C(C)(C)O)C1. The van der Waals surface area contributed by atoms with Crippen LogP contribution in [0.5, 0.6) is 0 Å². The number of rotatable bonds is 2. The molecule has 0 bridgehead atoms. The molecule has 0 aromatic carbocycles. The summed E-state index contributed by atoms with van der Waals surface area (Å²) in [6.07, 6.45) is -0.0359. The van der Waals surface area contributed by atoms with E-state index in [2.05, 4.69) is 11.8 Å². The lowest BCUT2D eigenvalue weighted by Crippen LogP contribution is -2.51. The largest absolute Gasteiger partial charge is 0.388 e. The van der Waals surface area contributed by atoms with Crippen LogP contribution in [0.15, 0.2) is 0 Å². The van der Waals surface area contributed by atoms with Crippen LogP contribution in [0.25, 0.3) is 0 Å². The monoisotopic (exact) mass is 173 g/mol. The maximum Gasteiger partial charge on any atom is 0.0983 e. The standard InChI is InChI=1S/C9H19NO2/c1-4-10-5-6-12-8(7-10)9(2,3)11/h8,11H,4-7H2,1-3H3/t8-/m0/s1. The highest BCUT2D eigenvalue weighted by molar-refractivity contribution is 4.83. The van der Waals surface area contributed by atoms with Crippen LogP contribution in [0.3, 0.4) is 0 Å². The highest BCUT2D eigenvalue weighted by Crippen LogP contribution is 2.16. The number of nitrogens with zero attached hydrogens (tertiary/aromatic N) is 1. The molecule has 1 fully saturated rings. The topological polar surface area (TPSA) is 32.7 Å². The van der Waals surface area contributed by atoms with Crippen LogP contribution in [-0.4, -0.2) is 48.0 Å². The molecule has 0 spiro atoms. The Morgan fingerprint density at radius 2 is 2.25 bits per heavy atom. The summed E-state index contributed by atoms with van der Waals surface area (Å²) in [5, 5.41) is 9.70. The van der Waals surface area contributed by atoms with Crippen molar-refractivity contribution in [2.75, 3.05) is 26.2 Å². The first-order valence-electron chi connectivity index (χ1n) is 4.60. The predicted octanol–water partition coefficient (Wildman–Crippen LogP) is 0.478. The van der Waals surface area contributed by atoms with E-state index in [-0.39, 0.29) is 6.10 Å². The molecule has 1 N–H and O–H groups in total. The first kappa shape index (κ1) is 9.96.